The van der Waals surface area contributed by atoms with Gasteiger partial charge in [-0.15, -0.1) is 0 Å². The molecule has 2 aliphatic heterocycles. The summed E-state index contributed by atoms with van der Waals surface area (Å²) in [6.45, 7) is 1.48. The summed E-state index contributed by atoms with van der Waals surface area (Å²) in [5, 5.41) is 20.7. The molecule has 0 radical (unpaired) electrons. The maximum Gasteiger partial charge on any atom is 0.243 e. The zero-order valence-electron chi connectivity index (χ0n) is 21.4. The Morgan fingerprint density at radius 2 is 1.74 bits per heavy atom. The number of hydrogen-bond donors (Lipinski definition) is 3. The fourth-order valence-corrected chi connectivity index (χ4v) is 7.26. The summed E-state index contributed by atoms with van der Waals surface area (Å²) in [7, 11) is -7.44. The summed E-state index contributed by atoms with van der Waals surface area (Å²) < 4.78 is 62.8. The highest BCUT2D eigenvalue weighted by atomic mass is 32.2. The van der Waals surface area contributed by atoms with Crippen molar-refractivity contribution in [3.05, 3.63) is 66.7 Å². The lowest BCUT2D eigenvalue weighted by molar-refractivity contribution is -0.0312. The Bertz CT molecular complexity index is 1540. The molecule has 4 N–H and O–H groups in total. The molecule has 12 heteroatoms. The van der Waals surface area contributed by atoms with Crippen LogP contribution in [0.2, 0.25) is 0 Å². The van der Waals surface area contributed by atoms with Gasteiger partial charge in [0.2, 0.25) is 20.0 Å². The van der Waals surface area contributed by atoms with Crippen molar-refractivity contribution in [2.75, 3.05) is 32.8 Å². The Morgan fingerprint density at radius 3 is 2.49 bits per heavy atom. The van der Waals surface area contributed by atoms with E-state index in [1.54, 1.807) is 22.5 Å². The minimum atomic E-state index is -3.84. The first-order valence-corrected chi connectivity index (χ1v) is 15.8. The van der Waals surface area contributed by atoms with Crippen LogP contribution in [0.15, 0.2) is 76.5 Å². The van der Waals surface area contributed by atoms with Crippen LogP contribution in [0.5, 0.6) is 5.75 Å². The first-order valence-electron chi connectivity index (χ1n) is 12.8. The molecule has 0 amide bonds. The van der Waals surface area contributed by atoms with Gasteiger partial charge < -0.3 is 19.9 Å². The molecular formula is C27H33N3O7S2. The summed E-state index contributed by atoms with van der Waals surface area (Å²) in [6, 6.07) is 18.8. The first kappa shape index (κ1) is 28.0. The molecule has 3 aromatic carbocycles. The lowest BCUT2D eigenvalue weighted by Crippen LogP contribution is -2.47. The maximum atomic E-state index is 13.3. The van der Waals surface area contributed by atoms with Gasteiger partial charge >= 0.3 is 0 Å². The van der Waals surface area contributed by atoms with Gasteiger partial charge in [-0.2, -0.15) is 4.31 Å². The smallest absolute Gasteiger partial charge is 0.243 e. The Hall–Kier alpha value is -2.58. The largest absolute Gasteiger partial charge is 0.491 e. The molecule has 0 aliphatic carbocycles. The van der Waals surface area contributed by atoms with E-state index in [1.165, 1.54) is 18.2 Å². The molecular weight excluding hydrogens is 542 g/mol. The Kier molecular flexibility index (Phi) is 7.98. The quantitative estimate of drug-likeness (QED) is 0.350. The van der Waals surface area contributed by atoms with Crippen LogP contribution < -0.4 is 15.2 Å². The lowest BCUT2D eigenvalue weighted by atomic mass is 9.88. The third kappa shape index (κ3) is 6.43. The molecule has 0 saturated carbocycles. The highest BCUT2D eigenvalue weighted by Crippen LogP contribution is 2.37. The van der Waals surface area contributed by atoms with E-state index in [9.17, 15) is 21.9 Å². The molecule has 3 aromatic rings. The van der Waals surface area contributed by atoms with Crippen molar-refractivity contribution in [1.29, 1.82) is 0 Å². The fourth-order valence-electron chi connectivity index (χ4n) is 5.23. The number of fused-ring (bicyclic) bond motifs is 1. The number of nitrogens with one attached hydrogen (secondary N) is 1. The molecule has 210 valence electrons. The first-order chi connectivity index (χ1) is 18.5. The second kappa shape index (κ2) is 11.1. The average molecular weight is 576 g/mol. The van der Waals surface area contributed by atoms with Crippen LogP contribution in [0.25, 0.3) is 10.8 Å². The van der Waals surface area contributed by atoms with Crippen molar-refractivity contribution >= 4 is 30.8 Å². The summed E-state index contributed by atoms with van der Waals surface area (Å²) in [5.74, 6) is 0.300. The molecule has 5 rings (SSSR count). The molecule has 2 heterocycles. The van der Waals surface area contributed by atoms with Crippen LogP contribution in [0, 0.1) is 0 Å². The van der Waals surface area contributed by atoms with Gasteiger partial charge in [-0.1, -0.05) is 36.4 Å². The highest BCUT2D eigenvalue weighted by Gasteiger charge is 2.44. The van der Waals surface area contributed by atoms with Gasteiger partial charge in [0.1, 0.15) is 18.5 Å². The highest BCUT2D eigenvalue weighted by molar-refractivity contribution is 7.89. The van der Waals surface area contributed by atoms with E-state index >= 15 is 0 Å². The van der Waals surface area contributed by atoms with Crippen molar-refractivity contribution < 1.29 is 31.4 Å². The molecule has 1 spiro atoms. The molecule has 0 aromatic heterocycles. The van der Waals surface area contributed by atoms with E-state index in [-0.39, 0.29) is 29.7 Å². The molecule has 2 aliphatic rings. The van der Waals surface area contributed by atoms with E-state index < -0.39 is 26.2 Å². The maximum absolute atomic E-state index is 13.3. The monoisotopic (exact) mass is 575 g/mol. The molecule has 2 atom stereocenters. The standard InChI is InChI=1S/C27H33N3O7S2/c28-38(32,33)25-7-3-6-24(15-25)36-19-23(31)17-29-22-16-27(37-18-22)10-12-30(13-11-27)39(34,35)26-9-8-20-4-1-2-5-21(20)14-26/h1-9,14-15,22-23,29,31H,10-13,16-19H2,(H2,28,32,33)/t22-,23+/m1/s1. The molecule has 39 heavy (non-hydrogen) atoms. The lowest BCUT2D eigenvalue weighted by Gasteiger charge is -2.38. The van der Waals surface area contributed by atoms with E-state index in [1.807, 2.05) is 30.3 Å². The molecule has 10 nitrogen and oxygen atoms in total. The third-order valence-electron chi connectivity index (χ3n) is 7.42. The second-order valence-corrected chi connectivity index (χ2v) is 13.7. The van der Waals surface area contributed by atoms with Gasteiger partial charge in [-0.05, 0) is 54.3 Å². The van der Waals surface area contributed by atoms with Crippen LogP contribution >= 0.6 is 0 Å². The molecule has 2 saturated heterocycles. The summed E-state index contributed by atoms with van der Waals surface area (Å²) in [6.07, 6.45) is 1.10. The number of piperidine rings is 1. The average Bonchev–Trinajstić information content (AvgIpc) is 3.32. The van der Waals surface area contributed by atoms with E-state index in [4.69, 9.17) is 14.6 Å². The number of primary sulfonamides is 1. The van der Waals surface area contributed by atoms with E-state index in [0.717, 1.165) is 17.2 Å². The molecule has 2 fully saturated rings. The van der Waals surface area contributed by atoms with Crippen molar-refractivity contribution in [2.45, 2.75) is 46.8 Å². The summed E-state index contributed by atoms with van der Waals surface area (Å²) in [5.41, 5.74) is -0.386. The minimum Gasteiger partial charge on any atom is -0.491 e. The number of rotatable bonds is 9. The SMILES string of the molecule is NS(=O)(=O)c1cccc(OC[C@@H](O)CN[C@H]2COC3(CCN(S(=O)(=O)c4ccc5ccccc5c4)CC3)C2)c1. The number of sulfonamides is 2. The minimum absolute atomic E-state index is 0.0222. The number of benzene rings is 3. The predicted octanol–water partition coefficient (Wildman–Crippen LogP) is 1.83. The molecule has 0 unspecified atom stereocenters. The number of nitrogens with two attached hydrogens (primary N) is 1. The van der Waals surface area contributed by atoms with Crippen LogP contribution in [0.1, 0.15) is 19.3 Å². The number of hydrogen-bond acceptors (Lipinski definition) is 8. The number of aliphatic hydroxyl groups is 1. The zero-order chi connectivity index (χ0) is 27.7. The van der Waals surface area contributed by atoms with Gasteiger partial charge in [0.05, 0.1) is 22.0 Å². The van der Waals surface area contributed by atoms with Gasteiger partial charge in [0.25, 0.3) is 0 Å². The van der Waals surface area contributed by atoms with E-state index in [0.29, 0.717) is 43.2 Å². The number of aliphatic hydroxyl groups excluding tert-OH is 1. The van der Waals surface area contributed by atoms with Gasteiger partial charge in [-0.3, -0.25) is 0 Å². The summed E-state index contributed by atoms with van der Waals surface area (Å²) >= 11 is 0. The Labute approximate surface area is 228 Å². The topological polar surface area (TPSA) is 148 Å². The second-order valence-electron chi connectivity index (χ2n) is 10.2. The van der Waals surface area contributed by atoms with Gasteiger partial charge in [0.15, 0.2) is 0 Å². The van der Waals surface area contributed by atoms with Crippen molar-refractivity contribution in [1.82, 2.24) is 9.62 Å². The van der Waals surface area contributed by atoms with Crippen molar-refractivity contribution in [3.63, 3.8) is 0 Å². The normalized spacial score (nSPS) is 20.8. The number of nitrogens with zero attached hydrogens (tertiary/aromatic N) is 1. The van der Waals surface area contributed by atoms with Gasteiger partial charge in [-0.25, -0.2) is 22.0 Å². The third-order valence-corrected chi connectivity index (χ3v) is 10.2. The predicted molar refractivity (Wildman–Crippen MR) is 146 cm³/mol. The van der Waals surface area contributed by atoms with Crippen molar-refractivity contribution in [3.8, 4) is 5.75 Å². The molecule has 0 bridgehead atoms. The van der Waals surface area contributed by atoms with Crippen LogP contribution in [-0.4, -0.2) is 76.8 Å². The zero-order valence-corrected chi connectivity index (χ0v) is 23.0. The Morgan fingerprint density at radius 1 is 1.00 bits per heavy atom. The Balaban J connectivity index is 1.10. The van der Waals surface area contributed by atoms with Crippen LogP contribution in [0.4, 0.5) is 0 Å². The van der Waals surface area contributed by atoms with Crippen LogP contribution in [0.3, 0.4) is 0 Å². The van der Waals surface area contributed by atoms with Crippen molar-refractivity contribution in [2.24, 2.45) is 5.14 Å². The number of ether oxygens (including phenoxy) is 2. The van der Waals surface area contributed by atoms with E-state index in [2.05, 4.69) is 5.32 Å². The fraction of sp³-hybridized carbons (Fsp3) is 0.407. The van der Waals surface area contributed by atoms with Gasteiger partial charge in [0, 0.05) is 31.7 Å². The summed E-state index contributed by atoms with van der Waals surface area (Å²) in [4.78, 5) is 0.244. The van der Waals surface area contributed by atoms with Crippen LogP contribution in [-0.2, 0) is 24.8 Å².